The maximum atomic E-state index is 13.9. The highest BCUT2D eigenvalue weighted by Gasteiger charge is 2.33. The molecule has 1 atom stereocenters. The van der Waals surface area contributed by atoms with E-state index < -0.39 is 12.0 Å². The molecule has 0 amide bonds. The standard InChI is InChI=1S/C32H29ClN2O5S/c1-4-38-25-14-12-23(13-15-25)29-28(31(37)39-5-2)20(3)34-32-35(29)30(36)27(41-32)18-21-8-7-11-26(17-21)40-19-22-9-6-10-24(33)16-22/h6-18,29H,4-5,19H2,1-3H3/b27-18-/t29-/m0/s1. The summed E-state index contributed by atoms with van der Waals surface area (Å²) in [4.78, 5) is 32.1. The van der Waals surface area contributed by atoms with Gasteiger partial charge in [0.15, 0.2) is 4.80 Å². The molecule has 0 aliphatic carbocycles. The molecule has 2 heterocycles. The molecule has 0 saturated carbocycles. The van der Waals surface area contributed by atoms with Gasteiger partial charge in [-0.25, -0.2) is 9.79 Å². The monoisotopic (exact) mass is 588 g/mol. The number of carbonyl (C=O) groups is 1. The summed E-state index contributed by atoms with van der Waals surface area (Å²) in [5.74, 6) is 0.880. The van der Waals surface area contributed by atoms with Crippen LogP contribution in [-0.4, -0.2) is 23.8 Å². The summed E-state index contributed by atoms with van der Waals surface area (Å²) in [6.45, 7) is 6.55. The topological polar surface area (TPSA) is 79.1 Å². The van der Waals surface area contributed by atoms with E-state index in [1.54, 1.807) is 18.4 Å². The van der Waals surface area contributed by atoms with Crippen molar-refractivity contribution in [1.29, 1.82) is 0 Å². The Kier molecular flexibility index (Phi) is 8.71. The molecule has 3 aromatic carbocycles. The maximum absolute atomic E-state index is 13.9. The Balaban J connectivity index is 1.53. The first kappa shape index (κ1) is 28.4. The largest absolute Gasteiger partial charge is 0.494 e. The number of aromatic nitrogens is 1. The number of thiazole rings is 1. The minimum absolute atomic E-state index is 0.214. The van der Waals surface area contributed by atoms with Crippen LogP contribution in [-0.2, 0) is 16.1 Å². The van der Waals surface area contributed by atoms with Gasteiger partial charge in [0.25, 0.3) is 5.56 Å². The quantitative estimate of drug-likeness (QED) is 0.244. The zero-order chi connectivity index (χ0) is 28.9. The van der Waals surface area contributed by atoms with Crippen molar-refractivity contribution in [3.63, 3.8) is 0 Å². The number of rotatable bonds is 9. The summed E-state index contributed by atoms with van der Waals surface area (Å²) in [5, 5.41) is 0.653. The predicted molar refractivity (Wildman–Crippen MR) is 160 cm³/mol. The van der Waals surface area contributed by atoms with Crippen molar-refractivity contribution in [3.8, 4) is 11.5 Å². The molecule has 41 heavy (non-hydrogen) atoms. The van der Waals surface area contributed by atoms with E-state index in [1.165, 1.54) is 11.3 Å². The van der Waals surface area contributed by atoms with Gasteiger partial charge in [-0.2, -0.15) is 0 Å². The summed E-state index contributed by atoms with van der Waals surface area (Å²) >= 11 is 7.36. The Bertz CT molecular complexity index is 1790. The van der Waals surface area contributed by atoms with Crippen LogP contribution in [0.2, 0.25) is 5.02 Å². The highest BCUT2D eigenvalue weighted by atomic mass is 35.5. The van der Waals surface area contributed by atoms with Crippen molar-refractivity contribution in [2.75, 3.05) is 13.2 Å². The number of allylic oxidation sites excluding steroid dienone is 1. The van der Waals surface area contributed by atoms with Crippen molar-refractivity contribution >= 4 is 35.0 Å². The Hall–Kier alpha value is -4.14. The number of ether oxygens (including phenoxy) is 3. The van der Waals surface area contributed by atoms with Crippen molar-refractivity contribution in [1.82, 2.24) is 4.57 Å². The molecular formula is C32H29ClN2O5S. The van der Waals surface area contributed by atoms with Gasteiger partial charge in [0.2, 0.25) is 0 Å². The fraction of sp³-hybridized carbons (Fsp3) is 0.219. The van der Waals surface area contributed by atoms with Gasteiger partial charge in [-0.1, -0.05) is 59.3 Å². The molecule has 1 aliphatic heterocycles. The van der Waals surface area contributed by atoms with Crippen LogP contribution in [0.5, 0.6) is 11.5 Å². The fourth-order valence-electron chi connectivity index (χ4n) is 4.66. The van der Waals surface area contributed by atoms with Gasteiger partial charge in [0, 0.05) is 5.02 Å². The molecule has 9 heteroatoms. The average molecular weight is 589 g/mol. The van der Waals surface area contributed by atoms with E-state index >= 15 is 0 Å². The molecule has 0 unspecified atom stereocenters. The van der Waals surface area contributed by atoms with Gasteiger partial charge in [-0.15, -0.1) is 0 Å². The molecule has 7 nitrogen and oxygen atoms in total. The lowest BCUT2D eigenvalue weighted by Crippen LogP contribution is -2.39. The summed E-state index contributed by atoms with van der Waals surface area (Å²) in [6.07, 6.45) is 1.81. The van der Waals surface area contributed by atoms with Gasteiger partial charge < -0.3 is 14.2 Å². The number of hydrogen-bond donors (Lipinski definition) is 0. The molecular weight excluding hydrogens is 560 g/mol. The normalized spacial score (nSPS) is 14.8. The van der Waals surface area contributed by atoms with E-state index in [0.717, 1.165) is 16.7 Å². The Morgan fingerprint density at radius 1 is 1.00 bits per heavy atom. The molecule has 0 N–H and O–H groups in total. The SMILES string of the molecule is CCOC(=O)C1=C(C)N=c2s/c(=C\c3cccc(OCc4cccc(Cl)c4)c3)c(=O)n2[C@H]1c1ccc(OCC)cc1. The highest BCUT2D eigenvalue weighted by molar-refractivity contribution is 7.07. The second kappa shape index (κ2) is 12.6. The van der Waals surface area contributed by atoms with Crippen molar-refractivity contribution < 1.29 is 19.0 Å². The van der Waals surface area contributed by atoms with Crippen LogP contribution >= 0.6 is 22.9 Å². The second-order valence-electron chi connectivity index (χ2n) is 9.30. The number of nitrogens with zero attached hydrogens (tertiary/aromatic N) is 2. The lowest BCUT2D eigenvalue weighted by atomic mass is 9.96. The highest BCUT2D eigenvalue weighted by Crippen LogP contribution is 2.31. The van der Waals surface area contributed by atoms with Crippen molar-refractivity contribution in [3.05, 3.63) is 125 Å². The summed E-state index contributed by atoms with van der Waals surface area (Å²) in [5.41, 5.74) is 3.14. The molecule has 1 aromatic heterocycles. The lowest BCUT2D eigenvalue weighted by Gasteiger charge is -2.24. The third kappa shape index (κ3) is 6.29. The predicted octanol–water partition coefficient (Wildman–Crippen LogP) is 5.43. The van der Waals surface area contributed by atoms with Crippen LogP contribution in [0, 0.1) is 0 Å². The van der Waals surface area contributed by atoms with E-state index in [9.17, 15) is 9.59 Å². The van der Waals surface area contributed by atoms with Crippen LogP contribution < -0.4 is 24.4 Å². The van der Waals surface area contributed by atoms with Crippen LogP contribution in [0.25, 0.3) is 6.08 Å². The number of hydrogen-bond acceptors (Lipinski definition) is 7. The van der Waals surface area contributed by atoms with E-state index in [1.807, 2.05) is 85.8 Å². The molecule has 210 valence electrons. The second-order valence-corrected chi connectivity index (χ2v) is 10.7. The molecule has 0 saturated heterocycles. The van der Waals surface area contributed by atoms with Crippen LogP contribution in [0.1, 0.15) is 43.5 Å². The average Bonchev–Trinajstić information content (AvgIpc) is 3.26. The van der Waals surface area contributed by atoms with Crippen molar-refractivity contribution in [2.45, 2.75) is 33.4 Å². The summed E-state index contributed by atoms with van der Waals surface area (Å²) < 4.78 is 19.0. The zero-order valence-corrected chi connectivity index (χ0v) is 24.5. The van der Waals surface area contributed by atoms with Crippen LogP contribution in [0.3, 0.4) is 0 Å². The van der Waals surface area contributed by atoms with E-state index in [4.69, 9.17) is 25.8 Å². The van der Waals surface area contributed by atoms with Gasteiger partial charge in [-0.05, 0) is 79.9 Å². The van der Waals surface area contributed by atoms with Crippen molar-refractivity contribution in [2.24, 2.45) is 4.99 Å². The Labute approximate surface area is 246 Å². The first-order valence-corrected chi connectivity index (χ1v) is 14.5. The molecule has 0 spiro atoms. The first-order valence-electron chi connectivity index (χ1n) is 13.3. The number of benzene rings is 3. The molecule has 5 rings (SSSR count). The van der Waals surface area contributed by atoms with Gasteiger partial charge in [0.05, 0.1) is 35.1 Å². The number of carbonyl (C=O) groups excluding carboxylic acids is 1. The minimum atomic E-state index is -0.685. The fourth-order valence-corrected chi connectivity index (χ4v) is 5.92. The Morgan fingerprint density at radius 2 is 1.78 bits per heavy atom. The van der Waals surface area contributed by atoms with Crippen LogP contribution in [0.4, 0.5) is 0 Å². The number of halogens is 1. The third-order valence-corrected chi connectivity index (χ3v) is 7.69. The summed E-state index contributed by atoms with van der Waals surface area (Å²) in [7, 11) is 0. The molecule has 1 aliphatic rings. The zero-order valence-electron chi connectivity index (χ0n) is 22.9. The smallest absolute Gasteiger partial charge is 0.338 e. The number of esters is 1. The molecule has 4 aromatic rings. The number of fused-ring (bicyclic) bond motifs is 1. The third-order valence-electron chi connectivity index (χ3n) is 6.47. The van der Waals surface area contributed by atoms with E-state index in [-0.39, 0.29) is 12.2 Å². The van der Waals surface area contributed by atoms with E-state index in [2.05, 4.69) is 4.99 Å². The van der Waals surface area contributed by atoms with E-state index in [0.29, 0.717) is 50.3 Å². The molecule has 0 fully saturated rings. The van der Waals surface area contributed by atoms with Gasteiger partial charge in [0.1, 0.15) is 18.1 Å². The van der Waals surface area contributed by atoms with Gasteiger partial charge in [-0.3, -0.25) is 9.36 Å². The van der Waals surface area contributed by atoms with Gasteiger partial charge >= 0.3 is 5.97 Å². The minimum Gasteiger partial charge on any atom is -0.494 e. The first-order chi connectivity index (χ1) is 19.9. The maximum Gasteiger partial charge on any atom is 0.338 e. The summed E-state index contributed by atoms with van der Waals surface area (Å²) in [6, 6.07) is 21.8. The van der Waals surface area contributed by atoms with Crippen LogP contribution in [0.15, 0.2) is 93.9 Å². The Morgan fingerprint density at radius 3 is 2.51 bits per heavy atom. The molecule has 0 bridgehead atoms. The molecule has 0 radical (unpaired) electrons. The lowest BCUT2D eigenvalue weighted by molar-refractivity contribution is -0.139.